The highest BCUT2D eigenvalue weighted by Gasteiger charge is 2.35. The van der Waals surface area contributed by atoms with E-state index < -0.39 is 9.84 Å². The summed E-state index contributed by atoms with van der Waals surface area (Å²) in [5.41, 5.74) is 1.45. The topological polar surface area (TPSA) is 72.9 Å². The molecule has 162 valence electrons. The normalized spacial score (nSPS) is 17.5. The van der Waals surface area contributed by atoms with Gasteiger partial charge < -0.3 is 14.4 Å². The fourth-order valence-corrected chi connectivity index (χ4v) is 5.25. The minimum Gasteiger partial charge on any atom is -0.494 e. The third-order valence-corrected chi connectivity index (χ3v) is 6.82. The summed E-state index contributed by atoms with van der Waals surface area (Å²) >= 11 is 0. The summed E-state index contributed by atoms with van der Waals surface area (Å²) in [5, 5.41) is 0. The maximum absolute atomic E-state index is 13.3. The molecule has 0 bridgehead atoms. The summed E-state index contributed by atoms with van der Waals surface area (Å²) in [5.74, 6) is 1.44. The summed E-state index contributed by atoms with van der Waals surface area (Å²) < 4.78 is 35.2. The van der Waals surface area contributed by atoms with E-state index in [2.05, 4.69) is 6.92 Å². The van der Waals surface area contributed by atoms with Crippen LogP contribution < -0.4 is 9.47 Å². The van der Waals surface area contributed by atoms with Gasteiger partial charge in [-0.05, 0) is 61.7 Å². The Labute approximate surface area is 178 Å². The minimum absolute atomic E-state index is 0.00740. The Morgan fingerprint density at radius 2 is 1.63 bits per heavy atom. The van der Waals surface area contributed by atoms with Gasteiger partial charge in [0.15, 0.2) is 9.84 Å². The van der Waals surface area contributed by atoms with E-state index in [-0.39, 0.29) is 23.5 Å². The highest BCUT2D eigenvalue weighted by atomic mass is 32.2. The van der Waals surface area contributed by atoms with E-state index in [0.29, 0.717) is 37.5 Å². The monoisotopic (exact) mass is 431 g/mol. The highest BCUT2D eigenvalue weighted by molar-refractivity contribution is 7.91. The smallest absolute Gasteiger partial charge is 0.254 e. The lowest BCUT2D eigenvalue weighted by Crippen LogP contribution is -2.40. The maximum Gasteiger partial charge on any atom is 0.254 e. The first-order valence-electron chi connectivity index (χ1n) is 10.4. The number of amides is 1. The van der Waals surface area contributed by atoms with Crippen LogP contribution in [0.25, 0.3) is 0 Å². The average Bonchev–Trinajstić information content (AvgIpc) is 3.11. The van der Waals surface area contributed by atoms with E-state index in [9.17, 15) is 13.2 Å². The Bertz CT molecular complexity index is 939. The summed E-state index contributed by atoms with van der Waals surface area (Å²) in [6.07, 6.45) is 1.39. The number of benzene rings is 2. The number of carbonyl (C=O) groups excluding carboxylic acids is 1. The van der Waals surface area contributed by atoms with Gasteiger partial charge in [0.05, 0.1) is 24.7 Å². The third kappa shape index (κ3) is 5.75. The standard InChI is InChI=1S/C23H29NO5S/c1-3-14-29-22-9-5-18(6-10-22)16-24(20-13-15-30(26,27)17-20)23(25)19-7-11-21(12-8-19)28-4-2/h5-12,20H,3-4,13-17H2,1-2H3. The first-order valence-corrected chi connectivity index (χ1v) is 12.2. The predicted octanol–water partition coefficient (Wildman–Crippen LogP) is 3.70. The van der Waals surface area contributed by atoms with E-state index in [1.165, 1.54) is 0 Å². The molecular formula is C23H29NO5S. The van der Waals surface area contributed by atoms with Gasteiger partial charge in [0.25, 0.3) is 5.91 Å². The van der Waals surface area contributed by atoms with Gasteiger partial charge in [-0.15, -0.1) is 0 Å². The predicted molar refractivity (Wildman–Crippen MR) is 117 cm³/mol. The van der Waals surface area contributed by atoms with Crippen molar-refractivity contribution in [3.63, 3.8) is 0 Å². The molecule has 1 aliphatic rings. The van der Waals surface area contributed by atoms with Crippen LogP contribution in [0.5, 0.6) is 11.5 Å². The second-order valence-electron chi connectivity index (χ2n) is 7.44. The van der Waals surface area contributed by atoms with Gasteiger partial charge in [-0.25, -0.2) is 8.42 Å². The van der Waals surface area contributed by atoms with Crippen molar-refractivity contribution in [2.24, 2.45) is 0 Å². The lowest BCUT2D eigenvalue weighted by atomic mass is 10.1. The maximum atomic E-state index is 13.3. The number of ether oxygens (including phenoxy) is 2. The molecule has 1 unspecified atom stereocenters. The van der Waals surface area contributed by atoms with Crippen molar-refractivity contribution in [1.29, 1.82) is 0 Å². The number of nitrogens with zero attached hydrogens (tertiary/aromatic N) is 1. The fraction of sp³-hybridized carbons (Fsp3) is 0.435. The van der Waals surface area contributed by atoms with Gasteiger partial charge in [0, 0.05) is 18.2 Å². The second-order valence-corrected chi connectivity index (χ2v) is 9.67. The number of sulfone groups is 1. The van der Waals surface area contributed by atoms with E-state index in [4.69, 9.17) is 9.47 Å². The molecule has 6 nitrogen and oxygen atoms in total. The van der Waals surface area contributed by atoms with Crippen molar-refractivity contribution >= 4 is 15.7 Å². The summed E-state index contributed by atoms with van der Waals surface area (Å²) in [4.78, 5) is 15.0. The van der Waals surface area contributed by atoms with E-state index in [0.717, 1.165) is 17.7 Å². The molecule has 0 saturated carbocycles. The van der Waals surface area contributed by atoms with Crippen molar-refractivity contribution in [2.45, 2.75) is 39.3 Å². The van der Waals surface area contributed by atoms with Gasteiger partial charge in [0.1, 0.15) is 11.5 Å². The van der Waals surface area contributed by atoms with Gasteiger partial charge in [0.2, 0.25) is 0 Å². The van der Waals surface area contributed by atoms with Gasteiger partial charge in [-0.3, -0.25) is 4.79 Å². The Balaban J connectivity index is 1.80. The lowest BCUT2D eigenvalue weighted by Gasteiger charge is -2.28. The van der Waals surface area contributed by atoms with Crippen molar-refractivity contribution in [3.05, 3.63) is 59.7 Å². The zero-order chi connectivity index (χ0) is 21.6. The molecule has 3 rings (SSSR count). The Kier molecular flexibility index (Phi) is 7.37. The number of carbonyl (C=O) groups is 1. The molecule has 0 N–H and O–H groups in total. The molecule has 1 saturated heterocycles. The van der Waals surface area contributed by atoms with Crippen LogP contribution in [0, 0.1) is 0 Å². The molecule has 0 aromatic heterocycles. The second kappa shape index (κ2) is 9.98. The Morgan fingerprint density at radius 1 is 1.00 bits per heavy atom. The fourth-order valence-electron chi connectivity index (χ4n) is 3.52. The largest absolute Gasteiger partial charge is 0.494 e. The molecule has 1 atom stereocenters. The first kappa shape index (κ1) is 22.2. The van der Waals surface area contributed by atoms with E-state index in [1.54, 1.807) is 29.2 Å². The SMILES string of the molecule is CCCOc1ccc(CN(C(=O)c2ccc(OCC)cc2)C2CCS(=O)(=O)C2)cc1. The van der Waals surface area contributed by atoms with Crippen LogP contribution in [0.4, 0.5) is 0 Å². The van der Waals surface area contributed by atoms with E-state index in [1.807, 2.05) is 31.2 Å². The lowest BCUT2D eigenvalue weighted by molar-refractivity contribution is 0.0681. The summed E-state index contributed by atoms with van der Waals surface area (Å²) in [7, 11) is -3.11. The molecule has 7 heteroatoms. The number of hydrogen-bond acceptors (Lipinski definition) is 5. The molecule has 0 spiro atoms. The quantitative estimate of drug-likeness (QED) is 0.605. The van der Waals surface area contributed by atoms with Gasteiger partial charge in [-0.1, -0.05) is 19.1 Å². The summed E-state index contributed by atoms with van der Waals surface area (Å²) in [6.45, 7) is 5.51. The highest BCUT2D eigenvalue weighted by Crippen LogP contribution is 2.24. The Morgan fingerprint density at radius 3 is 2.20 bits per heavy atom. The van der Waals surface area contributed by atoms with Crippen LogP contribution in [0.15, 0.2) is 48.5 Å². The number of rotatable bonds is 9. The first-order chi connectivity index (χ1) is 14.4. The zero-order valence-electron chi connectivity index (χ0n) is 17.5. The van der Waals surface area contributed by atoms with Crippen LogP contribution in [0.3, 0.4) is 0 Å². The summed E-state index contributed by atoms with van der Waals surface area (Å²) in [6, 6.07) is 14.3. The molecular weight excluding hydrogens is 402 g/mol. The molecule has 2 aromatic carbocycles. The van der Waals surface area contributed by atoms with Crippen molar-refractivity contribution in [3.8, 4) is 11.5 Å². The third-order valence-electron chi connectivity index (χ3n) is 5.07. The van der Waals surface area contributed by atoms with Crippen LogP contribution in [0.2, 0.25) is 0 Å². The molecule has 1 aliphatic heterocycles. The molecule has 1 fully saturated rings. The number of hydrogen-bond donors (Lipinski definition) is 0. The molecule has 0 radical (unpaired) electrons. The minimum atomic E-state index is -3.11. The molecule has 30 heavy (non-hydrogen) atoms. The van der Waals surface area contributed by atoms with Gasteiger partial charge >= 0.3 is 0 Å². The van der Waals surface area contributed by atoms with Crippen LogP contribution in [-0.4, -0.2) is 50.0 Å². The molecule has 1 heterocycles. The van der Waals surface area contributed by atoms with Crippen molar-refractivity contribution < 1.29 is 22.7 Å². The van der Waals surface area contributed by atoms with Crippen LogP contribution in [-0.2, 0) is 16.4 Å². The van der Waals surface area contributed by atoms with Crippen LogP contribution >= 0.6 is 0 Å². The molecule has 0 aliphatic carbocycles. The zero-order valence-corrected chi connectivity index (χ0v) is 18.4. The average molecular weight is 432 g/mol. The van der Waals surface area contributed by atoms with Gasteiger partial charge in [-0.2, -0.15) is 0 Å². The molecule has 1 amide bonds. The Hall–Kier alpha value is -2.54. The molecule has 2 aromatic rings. The van der Waals surface area contributed by atoms with Crippen molar-refractivity contribution in [2.75, 3.05) is 24.7 Å². The van der Waals surface area contributed by atoms with Crippen LogP contribution in [0.1, 0.15) is 42.6 Å². The van der Waals surface area contributed by atoms with Crippen molar-refractivity contribution in [1.82, 2.24) is 4.90 Å². The van der Waals surface area contributed by atoms with E-state index >= 15 is 0 Å².